The molecule has 2 aromatic carbocycles. The zero-order valence-corrected chi connectivity index (χ0v) is 12.8. The first-order valence-corrected chi connectivity index (χ1v) is 6.83. The molecule has 2 aromatic rings. The van der Waals surface area contributed by atoms with Crippen molar-refractivity contribution in [3.05, 3.63) is 52.0 Å². The number of hydrogen-bond acceptors (Lipinski definition) is 3. The number of rotatable bonds is 3. The maximum absolute atomic E-state index is 12.3. The maximum atomic E-state index is 12.3. The highest BCUT2D eigenvalue weighted by atomic mass is 79.9. The first kappa shape index (κ1) is 14.4. The number of para-hydroxylation sites is 1. The summed E-state index contributed by atoms with van der Waals surface area (Å²) < 4.78 is 5.97. The molecule has 0 heterocycles. The molecule has 20 heavy (non-hydrogen) atoms. The van der Waals surface area contributed by atoms with Crippen molar-refractivity contribution in [2.45, 2.75) is 6.92 Å². The fourth-order valence-electron chi connectivity index (χ4n) is 1.85. The van der Waals surface area contributed by atoms with Crippen LogP contribution in [0.2, 0.25) is 0 Å². The maximum Gasteiger partial charge on any atom is 0.257 e. The highest BCUT2D eigenvalue weighted by molar-refractivity contribution is 9.10. The molecule has 2 rings (SSSR count). The molecule has 0 aromatic heterocycles. The molecule has 3 N–H and O–H groups in total. The minimum atomic E-state index is -0.271. The third kappa shape index (κ3) is 2.77. The Labute approximate surface area is 126 Å². The molecule has 104 valence electrons. The second-order valence-corrected chi connectivity index (χ2v) is 5.11. The van der Waals surface area contributed by atoms with Crippen LogP contribution >= 0.6 is 15.9 Å². The van der Waals surface area contributed by atoms with Gasteiger partial charge in [-0.15, -0.1) is 0 Å². The molecule has 1 amide bonds. The van der Waals surface area contributed by atoms with E-state index in [2.05, 4.69) is 21.2 Å². The molecule has 0 aliphatic rings. The topological polar surface area (TPSA) is 64.3 Å². The molecule has 0 saturated carbocycles. The molecule has 5 heteroatoms. The summed E-state index contributed by atoms with van der Waals surface area (Å²) in [6, 6.07) is 10.8. The summed E-state index contributed by atoms with van der Waals surface area (Å²) in [5.41, 5.74) is 8.38. The van der Waals surface area contributed by atoms with E-state index >= 15 is 0 Å². The Bertz CT molecular complexity index is 656. The first-order valence-electron chi connectivity index (χ1n) is 6.03. The van der Waals surface area contributed by atoms with E-state index in [9.17, 15) is 4.79 Å². The summed E-state index contributed by atoms with van der Waals surface area (Å²) in [6.45, 7) is 1.96. The van der Waals surface area contributed by atoms with Gasteiger partial charge in [0.25, 0.3) is 5.91 Å². The molecular formula is C15H15BrN2O2. The third-order valence-corrected chi connectivity index (χ3v) is 4.02. The van der Waals surface area contributed by atoms with Gasteiger partial charge in [0.05, 0.1) is 24.0 Å². The monoisotopic (exact) mass is 334 g/mol. The van der Waals surface area contributed by atoms with Crippen molar-refractivity contribution in [1.82, 2.24) is 0 Å². The Hall–Kier alpha value is -2.01. The van der Waals surface area contributed by atoms with Gasteiger partial charge in [0.15, 0.2) is 0 Å². The van der Waals surface area contributed by atoms with Gasteiger partial charge in [-0.3, -0.25) is 4.79 Å². The van der Waals surface area contributed by atoms with Gasteiger partial charge in [-0.25, -0.2) is 0 Å². The number of nitrogen functional groups attached to an aromatic ring is 1. The number of carbonyl (C=O) groups is 1. The van der Waals surface area contributed by atoms with Crippen molar-refractivity contribution >= 4 is 33.2 Å². The van der Waals surface area contributed by atoms with E-state index in [1.54, 1.807) is 18.2 Å². The predicted octanol–water partition coefficient (Wildman–Crippen LogP) is 3.60. The van der Waals surface area contributed by atoms with Crippen molar-refractivity contribution in [2.24, 2.45) is 0 Å². The lowest BCUT2D eigenvalue weighted by atomic mass is 10.1. The smallest absolute Gasteiger partial charge is 0.257 e. The van der Waals surface area contributed by atoms with Crippen LogP contribution in [0.5, 0.6) is 5.75 Å². The number of anilines is 2. The average molecular weight is 335 g/mol. The highest BCUT2D eigenvalue weighted by Gasteiger charge is 2.14. The normalized spacial score (nSPS) is 10.2. The average Bonchev–Trinajstić information content (AvgIpc) is 2.44. The van der Waals surface area contributed by atoms with E-state index in [-0.39, 0.29) is 5.91 Å². The van der Waals surface area contributed by atoms with E-state index < -0.39 is 0 Å². The van der Waals surface area contributed by atoms with Gasteiger partial charge in [-0.1, -0.05) is 18.2 Å². The summed E-state index contributed by atoms with van der Waals surface area (Å²) in [6.07, 6.45) is 0. The van der Waals surface area contributed by atoms with Gasteiger partial charge in [0.1, 0.15) is 5.75 Å². The number of halogens is 1. The van der Waals surface area contributed by atoms with E-state index in [0.29, 0.717) is 22.7 Å². The number of carbonyl (C=O) groups excluding carboxylic acids is 1. The fraction of sp³-hybridized carbons (Fsp3) is 0.133. The van der Waals surface area contributed by atoms with Crippen molar-refractivity contribution in [3.8, 4) is 5.75 Å². The number of aryl methyl sites for hydroxylation is 1. The number of methoxy groups -OCH3 is 1. The summed E-state index contributed by atoms with van der Waals surface area (Å²) in [4.78, 5) is 12.3. The molecule has 0 unspecified atom stereocenters. The van der Waals surface area contributed by atoms with Gasteiger partial charge >= 0.3 is 0 Å². The summed E-state index contributed by atoms with van der Waals surface area (Å²) >= 11 is 3.46. The Kier molecular flexibility index (Phi) is 4.29. The quantitative estimate of drug-likeness (QED) is 0.843. The molecular weight excluding hydrogens is 320 g/mol. The van der Waals surface area contributed by atoms with E-state index in [1.165, 1.54) is 7.11 Å². The van der Waals surface area contributed by atoms with Gasteiger partial charge in [0, 0.05) is 4.47 Å². The molecule has 0 radical (unpaired) electrons. The lowest BCUT2D eigenvalue weighted by Crippen LogP contribution is -2.15. The molecule has 0 bridgehead atoms. The molecule has 0 aliphatic carbocycles. The Balaban J connectivity index is 2.31. The van der Waals surface area contributed by atoms with Crippen LogP contribution in [0.15, 0.2) is 40.9 Å². The SMILES string of the molecule is COc1cccc(C(=O)Nc2cccc(C)c2Br)c1N. The van der Waals surface area contributed by atoms with Crippen LogP contribution in [-0.4, -0.2) is 13.0 Å². The Morgan fingerprint density at radius 3 is 2.65 bits per heavy atom. The van der Waals surface area contributed by atoms with Crippen molar-refractivity contribution in [2.75, 3.05) is 18.2 Å². The summed E-state index contributed by atoms with van der Waals surface area (Å²) in [7, 11) is 1.52. The lowest BCUT2D eigenvalue weighted by molar-refractivity contribution is 0.102. The lowest BCUT2D eigenvalue weighted by Gasteiger charge is -2.12. The van der Waals surface area contributed by atoms with Crippen LogP contribution in [0.25, 0.3) is 0 Å². The zero-order valence-electron chi connectivity index (χ0n) is 11.2. The third-order valence-electron chi connectivity index (χ3n) is 2.97. The van der Waals surface area contributed by atoms with Crippen molar-refractivity contribution in [1.29, 1.82) is 0 Å². The van der Waals surface area contributed by atoms with Crippen LogP contribution in [0.4, 0.5) is 11.4 Å². The van der Waals surface area contributed by atoms with Gasteiger partial charge in [-0.2, -0.15) is 0 Å². The standard InChI is InChI=1S/C15H15BrN2O2/c1-9-5-3-7-11(13(9)16)18-15(19)10-6-4-8-12(20-2)14(10)17/h3-8H,17H2,1-2H3,(H,18,19). The van der Waals surface area contributed by atoms with Gasteiger partial charge in [0.2, 0.25) is 0 Å². The second kappa shape index (κ2) is 5.96. The molecule has 4 nitrogen and oxygen atoms in total. The number of nitrogens with two attached hydrogens (primary N) is 1. The number of ether oxygens (including phenoxy) is 1. The summed E-state index contributed by atoms with van der Waals surface area (Å²) in [5, 5.41) is 2.84. The highest BCUT2D eigenvalue weighted by Crippen LogP contribution is 2.28. The van der Waals surface area contributed by atoms with Crippen LogP contribution in [-0.2, 0) is 0 Å². The Morgan fingerprint density at radius 2 is 1.95 bits per heavy atom. The van der Waals surface area contributed by atoms with Crippen LogP contribution in [0, 0.1) is 6.92 Å². The molecule has 0 saturated heterocycles. The number of benzene rings is 2. The minimum Gasteiger partial charge on any atom is -0.495 e. The van der Waals surface area contributed by atoms with Crippen LogP contribution in [0.1, 0.15) is 15.9 Å². The Morgan fingerprint density at radius 1 is 1.25 bits per heavy atom. The molecule has 0 atom stereocenters. The van der Waals surface area contributed by atoms with Crippen molar-refractivity contribution in [3.63, 3.8) is 0 Å². The fourth-order valence-corrected chi connectivity index (χ4v) is 2.22. The molecule has 0 spiro atoms. The largest absolute Gasteiger partial charge is 0.495 e. The van der Waals surface area contributed by atoms with E-state index in [4.69, 9.17) is 10.5 Å². The molecule has 0 aliphatic heterocycles. The van der Waals surface area contributed by atoms with E-state index in [1.807, 2.05) is 25.1 Å². The first-order chi connectivity index (χ1) is 9.54. The minimum absolute atomic E-state index is 0.271. The van der Waals surface area contributed by atoms with Gasteiger partial charge < -0.3 is 15.8 Å². The second-order valence-electron chi connectivity index (χ2n) is 4.31. The predicted molar refractivity (Wildman–Crippen MR) is 84.2 cm³/mol. The number of hydrogen-bond donors (Lipinski definition) is 2. The summed E-state index contributed by atoms with van der Waals surface area (Å²) in [5.74, 6) is 0.216. The van der Waals surface area contributed by atoms with Crippen LogP contribution < -0.4 is 15.8 Å². The van der Waals surface area contributed by atoms with Gasteiger partial charge in [-0.05, 0) is 46.6 Å². The zero-order chi connectivity index (χ0) is 14.7. The van der Waals surface area contributed by atoms with E-state index in [0.717, 1.165) is 10.0 Å². The number of nitrogens with one attached hydrogen (secondary N) is 1. The number of amides is 1. The van der Waals surface area contributed by atoms with Crippen molar-refractivity contribution < 1.29 is 9.53 Å². The van der Waals surface area contributed by atoms with Crippen LogP contribution in [0.3, 0.4) is 0 Å². The molecule has 0 fully saturated rings.